The van der Waals surface area contributed by atoms with Gasteiger partial charge in [-0.25, -0.2) is 0 Å². The molecule has 1 N–H and O–H groups in total. The number of piperidine rings is 1. The van der Waals surface area contributed by atoms with Crippen LogP contribution in [-0.4, -0.2) is 28.6 Å². The average molecular weight is 453 g/mol. The summed E-state index contributed by atoms with van der Waals surface area (Å²) in [5.74, 6) is -0.730. The van der Waals surface area contributed by atoms with E-state index in [0.29, 0.717) is 6.42 Å². The normalized spacial score (nSPS) is 19.8. The summed E-state index contributed by atoms with van der Waals surface area (Å²) in [6.07, 6.45) is 2.71. The minimum Gasteiger partial charge on any atom is -0.480 e. The third kappa shape index (κ3) is 3.90. The van der Waals surface area contributed by atoms with E-state index in [-0.39, 0.29) is 6.04 Å². The molecule has 3 nitrogen and oxygen atoms in total. The van der Waals surface area contributed by atoms with Gasteiger partial charge in [-0.15, -0.1) is 0 Å². The topological polar surface area (TPSA) is 40.5 Å². The summed E-state index contributed by atoms with van der Waals surface area (Å²) in [6.45, 7) is 0.796. The molecule has 0 aromatic heterocycles. The first-order valence-electron chi connectivity index (χ1n) is 8.06. The molecule has 1 aliphatic rings. The van der Waals surface area contributed by atoms with Gasteiger partial charge in [0, 0.05) is 8.95 Å². The van der Waals surface area contributed by atoms with Gasteiger partial charge in [0.05, 0.1) is 6.04 Å². The van der Waals surface area contributed by atoms with Gasteiger partial charge in [0.1, 0.15) is 6.04 Å². The molecule has 1 aliphatic heterocycles. The van der Waals surface area contributed by atoms with Crippen LogP contribution in [0.2, 0.25) is 0 Å². The molecular weight excluding hydrogens is 434 g/mol. The zero-order valence-electron chi connectivity index (χ0n) is 13.2. The molecule has 2 unspecified atom stereocenters. The van der Waals surface area contributed by atoms with Crippen molar-refractivity contribution in [3.8, 4) is 0 Å². The van der Waals surface area contributed by atoms with Crippen LogP contribution in [0.4, 0.5) is 0 Å². The lowest BCUT2D eigenvalue weighted by atomic mass is 9.92. The van der Waals surface area contributed by atoms with Crippen molar-refractivity contribution in [2.45, 2.75) is 31.3 Å². The molecule has 0 radical (unpaired) electrons. The highest BCUT2D eigenvalue weighted by molar-refractivity contribution is 9.10. The molecule has 0 aliphatic carbocycles. The number of carboxylic acids is 1. The highest BCUT2D eigenvalue weighted by Crippen LogP contribution is 2.35. The summed E-state index contributed by atoms with van der Waals surface area (Å²) < 4.78 is 2.03. The number of hydrogen-bond acceptors (Lipinski definition) is 2. The zero-order valence-corrected chi connectivity index (χ0v) is 16.3. The first-order valence-corrected chi connectivity index (χ1v) is 9.64. The molecule has 0 spiro atoms. The number of likely N-dealkylation sites (tertiary alicyclic amines) is 1. The van der Waals surface area contributed by atoms with Crippen LogP contribution >= 0.6 is 31.9 Å². The summed E-state index contributed by atoms with van der Waals surface area (Å²) in [7, 11) is 0. The highest BCUT2D eigenvalue weighted by atomic mass is 79.9. The second-order valence-corrected chi connectivity index (χ2v) is 7.93. The van der Waals surface area contributed by atoms with Gasteiger partial charge < -0.3 is 5.11 Å². The van der Waals surface area contributed by atoms with E-state index in [1.807, 2.05) is 24.3 Å². The molecule has 0 amide bonds. The SMILES string of the molecule is O=C(O)C1CCCCN1C(c1ccc(Br)cc1)c1cccc(Br)c1. The monoisotopic (exact) mass is 451 g/mol. The van der Waals surface area contributed by atoms with E-state index in [2.05, 4.69) is 61.0 Å². The average Bonchev–Trinajstić information content (AvgIpc) is 2.57. The molecule has 126 valence electrons. The molecule has 0 bridgehead atoms. The zero-order chi connectivity index (χ0) is 17.1. The lowest BCUT2D eigenvalue weighted by molar-refractivity contribution is -0.145. The summed E-state index contributed by atoms with van der Waals surface area (Å²) in [6, 6.07) is 15.8. The van der Waals surface area contributed by atoms with Crippen molar-refractivity contribution in [3.63, 3.8) is 0 Å². The van der Waals surface area contributed by atoms with Gasteiger partial charge >= 0.3 is 5.97 Å². The number of nitrogens with zero attached hydrogens (tertiary/aromatic N) is 1. The quantitative estimate of drug-likeness (QED) is 0.689. The number of hydrogen-bond donors (Lipinski definition) is 1. The maximum Gasteiger partial charge on any atom is 0.320 e. The van der Waals surface area contributed by atoms with Crippen LogP contribution < -0.4 is 0 Å². The van der Waals surface area contributed by atoms with Crippen molar-refractivity contribution >= 4 is 37.8 Å². The minimum atomic E-state index is -0.730. The fourth-order valence-electron chi connectivity index (χ4n) is 3.43. The van der Waals surface area contributed by atoms with Crippen LogP contribution in [0.1, 0.15) is 36.4 Å². The van der Waals surface area contributed by atoms with Gasteiger partial charge in [0.15, 0.2) is 0 Å². The first-order chi connectivity index (χ1) is 11.6. The Balaban J connectivity index is 2.07. The molecule has 2 aromatic rings. The molecule has 1 saturated heterocycles. The number of carbonyl (C=O) groups is 1. The van der Waals surface area contributed by atoms with Crippen LogP contribution in [0.5, 0.6) is 0 Å². The number of aliphatic carboxylic acids is 1. The fraction of sp³-hybridized carbons (Fsp3) is 0.316. The molecule has 3 rings (SSSR count). The van der Waals surface area contributed by atoms with Crippen LogP contribution in [-0.2, 0) is 4.79 Å². The third-order valence-electron chi connectivity index (χ3n) is 4.51. The maximum atomic E-state index is 11.8. The molecule has 24 heavy (non-hydrogen) atoms. The Hall–Kier alpha value is -1.17. The second kappa shape index (κ2) is 7.81. The molecule has 0 saturated carbocycles. The Morgan fingerprint density at radius 2 is 1.79 bits per heavy atom. The maximum absolute atomic E-state index is 11.8. The Bertz CT molecular complexity index is 718. The van der Waals surface area contributed by atoms with Crippen molar-refractivity contribution in [3.05, 3.63) is 68.6 Å². The lowest BCUT2D eigenvalue weighted by Gasteiger charge is -2.39. The first kappa shape index (κ1) is 17.6. The van der Waals surface area contributed by atoms with E-state index < -0.39 is 12.0 Å². The predicted octanol–water partition coefficient (Wildman–Crippen LogP) is 5.24. The van der Waals surface area contributed by atoms with Gasteiger partial charge in [0.2, 0.25) is 0 Å². The smallest absolute Gasteiger partial charge is 0.320 e. The molecule has 2 aromatic carbocycles. The van der Waals surface area contributed by atoms with E-state index in [9.17, 15) is 9.90 Å². The molecular formula is C19H19Br2NO2. The lowest BCUT2D eigenvalue weighted by Crippen LogP contribution is -2.46. The molecule has 5 heteroatoms. The molecule has 2 atom stereocenters. The highest BCUT2D eigenvalue weighted by Gasteiger charge is 2.35. The van der Waals surface area contributed by atoms with Gasteiger partial charge in [0.25, 0.3) is 0 Å². The third-order valence-corrected chi connectivity index (χ3v) is 5.53. The minimum absolute atomic E-state index is 0.0583. The van der Waals surface area contributed by atoms with Crippen molar-refractivity contribution in [2.24, 2.45) is 0 Å². The number of carboxylic acid groups (broad SMARTS) is 1. The van der Waals surface area contributed by atoms with E-state index in [0.717, 1.165) is 39.5 Å². The van der Waals surface area contributed by atoms with Crippen molar-refractivity contribution in [2.75, 3.05) is 6.54 Å². The Morgan fingerprint density at radius 1 is 1.04 bits per heavy atom. The Kier molecular flexibility index (Phi) is 5.74. The van der Waals surface area contributed by atoms with E-state index in [1.165, 1.54) is 0 Å². The second-order valence-electron chi connectivity index (χ2n) is 6.10. The van der Waals surface area contributed by atoms with E-state index in [1.54, 1.807) is 0 Å². The van der Waals surface area contributed by atoms with Crippen LogP contribution in [0.15, 0.2) is 57.5 Å². The van der Waals surface area contributed by atoms with Crippen LogP contribution in [0.25, 0.3) is 0 Å². The summed E-state index contributed by atoms with van der Waals surface area (Å²) in [4.78, 5) is 13.9. The van der Waals surface area contributed by atoms with Crippen molar-refractivity contribution in [1.29, 1.82) is 0 Å². The van der Waals surface area contributed by atoms with Gasteiger partial charge in [-0.1, -0.05) is 62.5 Å². The molecule has 1 fully saturated rings. The summed E-state index contributed by atoms with van der Waals surface area (Å²) >= 11 is 7.02. The van der Waals surface area contributed by atoms with Crippen molar-refractivity contribution in [1.82, 2.24) is 4.90 Å². The summed E-state index contributed by atoms with van der Waals surface area (Å²) in [5.41, 5.74) is 2.23. The van der Waals surface area contributed by atoms with E-state index in [4.69, 9.17) is 0 Å². The predicted molar refractivity (Wildman–Crippen MR) is 102 cm³/mol. The standard InChI is InChI=1S/C19H19Br2NO2/c20-15-9-7-13(8-10-15)18(14-4-3-5-16(21)12-14)22-11-2-1-6-17(22)19(23)24/h3-5,7-10,12,17-18H,1-2,6,11H2,(H,23,24). The largest absolute Gasteiger partial charge is 0.480 e. The fourth-order valence-corrected chi connectivity index (χ4v) is 4.11. The Labute approximate surface area is 158 Å². The van der Waals surface area contributed by atoms with Gasteiger partial charge in [-0.3, -0.25) is 9.69 Å². The number of benzene rings is 2. The van der Waals surface area contributed by atoms with E-state index >= 15 is 0 Å². The van der Waals surface area contributed by atoms with Crippen LogP contribution in [0.3, 0.4) is 0 Å². The van der Waals surface area contributed by atoms with Crippen LogP contribution in [0, 0.1) is 0 Å². The van der Waals surface area contributed by atoms with Crippen molar-refractivity contribution < 1.29 is 9.90 Å². The Morgan fingerprint density at radius 3 is 2.46 bits per heavy atom. The number of halogens is 2. The van der Waals surface area contributed by atoms with Gasteiger partial charge in [-0.2, -0.15) is 0 Å². The molecule has 1 heterocycles. The van der Waals surface area contributed by atoms with Gasteiger partial charge in [-0.05, 0) is 54.8 Å². The summed E-state index contributed by atoms with van der Waals surface area (Å²) in [5, 5.41) is 9.69. The number of rotatable bonds is 4.